The van der Waals surface area contributed by atoms with E-state index in [4.69, 9.17) is 21.1 Å². The molecule has 0 saturated heterocycles. The van der Waals surface area contributed by atoms with Gasteiger partial charge < -0.3 is 9.47 Å². The van der Waals surface area contributed by atoms with E-state index in [0.717, 1.165) is 11.3 Å². The van der Waals surface area contributed by atoms with Gasteiger partial charge in [-0.2, -0.15) is 9.50 Å². The molecule has 9 heteroatoms. The summed E-state index contributed by atoms with van der Waals surface area (Å²) in [5.74, 6) is 1.11. The van der Waals surface area contributed by atoms with E-state index in [2.05, 4.69) is 10.1 Å². The Labute approximate surface area is 166 Å². The molecule has 2 aromatic carbocycles. The van der Waals surface area contributed by atoms with Crippen LogP contribution in [0.4, 0.5) is 4.39 Å². The molecule has 28 heavy (non-hydrogen) atoms. The van der Waals surface area contributed by atoms with Gasteiger partial charge in [0, 0.05) is 5.56 Å². The molecule has 6 nitrogen and oxygen atoms in total. The topological polar surface area (TPSA) is 65.7 Å². The normalized spacial score (nSPS) is 16.6. The van der Waals surface area contributed by atoms with Crippen LogP contribution in [0.1, 0.15) is 17.5 Å². The summed E-state index contributed by atoms with van der Waals surface area (Å²) in [6.07, 6.45) is 0.895. The average Bonchev–Trinajstić information content (AvgIpc) is 3.24. The minimum absolute atomic E-state index is 0.159. The summed E-state index contributed by atoms with van der Waals surface area (Å²) in [5, 5.41) is 4.50. The molecule has 0 amide bonds. The Balaban J connectivity index is 1.53. The molecule has 0 spiro atoms. The Morgan fingerprint density at radius 2 is 2.04 bits per heavy atom. The SMILES string of the molecule is O=c1/c(=C/c2c(F)cccc2Cl)sc2nc([C@H]3COc4ccccc4O3)nn12. The third-order valence-electron chi connectivity index (χ3n) is 4.27. The van der Waals surface area contributed by atoms with Gasteiger partial charge in [-0.05, 0) is 30.3 Å². The number of halogens is 2. The number of thiazole rings is 1. The van der Waals surface area contributed by atoms with Gasteiger partial charge in [-0.3, -0.25) is 4.79 Å². The van der Waals surface area contributed by atoms with E-state index in [1.54, 1.807) is 12.1 Å². The fraction of sp³-hybridized carbons (Fsp3) is 0.105. The van der Waals surface area contributed by atoms with Crippen molar-refractivity contribution in [1.82, 2.24) is 14.6 Å². The smallest absolute Gasteiger partial charge is 0.291 e. The standard InChI is InChI=1S/C19H11ClFN3O3S/c20-11-4-3-5-12(21)10(11)8-16-18(25)24-19(28-16)22-17(23-24)15-9-26-13-6-1-2-7-14(13)27-15/h1-8,15H,9H2/b16-8-/t15-/m1/s1. The van der Waals surface area contributed by atoms with Crippen LogP contribution in [0.25, 0.3) is 11.0 Å². The Morgan fingerprint density at radius 1 is 1.21 bits per heavy atom. The number of hydrogen-bond donors (Lipinski definition) is 0. The highest BCUT2D eigenvalue weighted by atomic mass is 35.5. The molecule has 5 rings (SSSR count). The molecule has 0 fully saturated rings. The maximum absolute atomic E-state index is 14.0. The van der Waals surface area contributed by atoms with Crippen LogP contribution in [0.3, 0.4) is 0 Å². The molecule has 3 heterocycles. The Hall–Kier alpha value is -2.97. The minimum Gasteiger partial charge on any atom is -0.485 e. The first kappa shape index (κ1) is 17.2. The number of benzene rings is 2. The molecule has 0 unspecified atom stereocenters. The Kier molecular flexibility index (Phi) is 4.03. The lowest BCUT2D eigenvalue weighted by molar-refractivity contribution is 0.0852. The first-order chi connectivity index (χ1) is 13.6. The van der Waals surface area contributed by atoms with Crippen LogP contribution in [-0.2, 0) is 0 Å². The molecular weight excluding hydrogens is 405 g/mol. The van der Waals surface area contributed by atoms with Crippen molar-refractivity contribution in [3.8, 4) is 11.5 Å². The lowest BCUT2D eigenvalue weighted by Gasteiger charge is -2.24. The Bertz CT molecular complexity index is 1300. The first-order valence-electron chi connectivity index (χ1n) is 8.34. The van der Waals surface area contributed by atoms with Crippen molar-refractivity contribution in [2.24, 2.45) is 0 Å². The third-order valence-corrected chi connectivity index (χ3v) is 5.56. The Morgan fingerprint density at radius 3 is 2.82 bits per heavy atom. The van der Waals surface area contributed by atoms with Crippen molar-refractivity contribution in [2.75, 3.05) is 6.61 Å². The molecule has 140 valence electrons. The van der Waals surface area contributed by atoms with Crippen molar-refractivity contribution < 1.29 is 13.9 Å². The molecule has 1 aliphatic rings. The lowest BCUT2D eigenvalue weighted by atomic mass is 10.2. The van der Waals surface area contributed by atoms with Crippen molar-refractivity contribution in [2.45, 2.75) is 6.10 Å². The van der Waals surface area contributed by atoms with E-state index < -0.39 is 17.5 Å². The fourth-order valence-electron chi connectivity index (χ4n) is 2.91. The highest BCUT2D eigenvalue weighted by molar-refractivity contribution is 7.15. The van der Waals surface area contributed by atoms with Crippen LogP contribution in [-0.4, -0.2) is 21.2 Å². The second-order valence-corrected chi connectivity index (χ2v) is 7.50. The highest BCUT2D eigenvalue weighted by Gasteiger charge is 2.27. The number of rotatable bonds is 2. The zero-order valence-corrected chi connectivity index (χ0v) is 15.7. The fourth-order valence-corrected chi connectivity index (χ4v) is 4.03. The van der Waals surface area contributed by atoms with E-state index in [1.165, 1.54) is 22.7 Å². The summed E-state index contributed by atoms with van der Waals surface area (Å²) in [6.45, 7) is 0.243. The maximum atomic E-state index is 14.0. The predicted molar refractivity (Wildman–Crippen MR) is 103 cm³/mol. The number of nitrogens with zero attached hydrogens (tertiary/aromatic N) is 3. The van der Waals surface area contributed by atoms with Gasteiger partial charge in [-0.25, -0.2) is 4.39 Å². The van der Waals surface area contributed by atoms with Gasteiger partial charge in [-0.1, -0.05) is 41.1 Å². The van der Waals surface area contributed by atoms with Gasteiger partial charge in [0.25, 0.3) is 5.56 Å². The van der Waals surface area contributed by atoms with Crippen molar-refractivity contribution in [3.63, 3.8) is 0 Å². The van der Waals surface area contributed by atoms with E-state index in [1.807, 2.05) is 18.2 Å². The number of hydrogen-bond acceptors (Lipinski definition) is 6. The monoisotopic (exact) mass is 415 g/mol. The third kappa shape index (κ3) is 2.81. The van der Waals surface area contributed by atoms with Crippen molar-refractivity contribution in [3.05, 3.63) is 79.6 Å². The largest absolute Gasteiger partial charge is 0.485 e. The maximum Gasteiger partial charge on any atom is 0.291 e. The minimum atomic E-state index is -0.519. The molecule has 4 aromatic rings. The van der Waals surface area contributed by atoms with Gasteiger partial charge in [0.15, 0.2) is 23.4 Å². The zero-order chi connectivity index (χ0) is 19.3. The predicted octanol–water partition coefficient (Wildman–Crippen LogP) is 3.00. The van der Waals surface area contributed by atoms with Crippen LogP contribution in [0.2, 0.25) is 5.02 Å². The summed E-state index contributed by atoms with van der Waals surface area (Å²) in [6, 6.07) is 11.7. The van der Waals surface area contributed by atoms with Crippen molar-refractivity contribution in [1.29, 1.82) is 0 Å². The molecule has 2 aromatic heterocycles. The van der Waals surface area contributed by atoms with Crippen LogP contribution >= 0.6 is 22.9 Å². The highest BCUT2D eigenvalue weighted by Crippen LogP contribution is 2.35. The van der Waals surface area contributed by atoms with Crippen molar-refractivity contribution >= 4 is 34.0 Å². The van der Waals surface area contributed by atoms with Crippen LogP contribution in [0, 0.1) is 5.82 Å². The van der Waals surface area contributed by atoms with Gasteiger partial charge in [0.05, 0.1) is 9.55 Å². The summed E-state index contributed by atoms with van der Waals surface area (Å²) in [4.78, 5) is 17.4. The quantitative estimate of drug-likeness (QED) is 0.503. The summed E-state index contributed by atoms with van der Waals surface area (Å²) in [7, 11) is 0. The van der Waals surface area contributed by atoms with Crippen LogP contribution < -0.4 is 19.6 Å². The van der Waals surface area contributed by atoms with Crippen LogP contribution in [0.5, 0.6) is 11.5 Å². The molecule has 0 radical (unpaired) electrons. The summed E-state index contributed by atoms with van der Waals surface area (Å²) >= 11 is 7.14. The van der Waals surface area contributed by atoms with E-state index in [-0.39, 0.29) is 17.2 Å². The molecule has 0 N–H and O–H groups in total. The first-order valence-corrected chi connectivity index (χ1v) is 9.53. The van der Waals surface area contributed by atoms with Gasteiger partial charge in [0.2, 0.25) is 4.96 Å². The molecular formula is C19H11ClFN3O3S. The molecule has 1 atom stereocenters. The van der Waals surface area contributed by atoms with Crippen LogP contribution in [0.15, 0.2) is 47.3 Å². The zero-order valence-electron chi connectivity index (χ0n) is 14.1. The number of aromatic nitrogens is 3. The number of para-hydroxylation sites is 2. The van der Waals surface area contributed by atoms with Gasteiger partial charge in [0.1, 0.15) is 12.4 Å². The van der Waals surface area contributed by atoms with Gasteiger partial charge in [-0.15, -0.1) is 5.10 Å². The molecule has 0 aliphatic carbocycles. The summed E-state index contributed by atoms with van der Waals surface area (Å²) < 4.78 is 27.0. The second kappa shape index (κ2) is 6.57. The number of ether oxygens (including phenoxy) is 2. The second-order valence-electron chi connectivity index (χ2n) is 6.08. The number of fused-ring (bicyclic) bond motifs is 2. The van der Waals surface area contributed by atoms with E-state index in [9.17, 15) is 9.18 Å². The molecule has 1 aliphatic heterocycles. The average molecular weight is 416 g/mol. The van der Waals surface area contributed by atoms with Gasteiger partial charge >= 0.3 is 0 Å². The molecule has 0 bridgehead atoms. The lowest BCUT2D eigenvalue weighted by Crippen LogP contribution is -2.26. The van der Waals surface area contributed by atoms with E-state index >= 15 is 0 Å². The van der Waals surface area contributed by atoms with E-state index in [0.29, 0.717) is 26.8 Å². The molecule has 0 saturated carbocycles. The summed E-state index contributed by atoms with van der Waals surface area (Å²) in [5.41, 5.74) is -0.234.